The van der Waals surface area contributed by atoms with E-state index < -0.39 is 5.97 Å². The van der Waals surface area contributed by atoms with E-state index in [2.05, 4.69) is 20.6 Å². The van der Waals surface area contributed by atoms with E-state index >= 15 is 0 Å². The highest BCUT2D eigenvalue weighted by molar-refractivity contribution is 6.08. The molecule has 0 aliphatic carbocycles. The van der Waals surface area contributed by atoms with Crippen LogP contribution in [-0.4, -0.2) is 44.4 Å². The summed E-state index contributed by atoms with van der Waals surface area (Å²) in [5, 5.41) is 21.6. The molecule has 0 spiro atoms. The third kappa shape index (κ3) is 3.34. The average Bonchev–Trinajstić information content (AvgIpc) is 3.14. The molecular formula is C26H26N4O4. The van der Waals surface area contributed by atoms with Crippen LogP contribution in [0.15, 0.2) is 36.7 Å². The summed E-state index contributed by atoms with van der Waals surface area (Å²) in [6, 6.07) is 7.59. The van der Waals surface area contributed by atoms with Gasteiger partial charge in [-0.1, -0.05) is 12.1 Å². The maximum absolute atomic E-state index is 12.0. The van der Waals surface area contributed by atoms with Gasteiger partial charge < -0.3 is 24.4 Å². The number of methoxy groups -OCH3 is 1. The Balaban J connectivity index is 1.85. The fourth-order valence-corrected chi connectivity index (χ4v) is 5.01. The van der Waals surface area contributed by atoms with Crippen LogP contribution in [0.1, 0.15) is 22.4 Å². The predicted octanol–water partition coefficient (Wildman–Crippen LogP) is 4.52. The summed E-state index contributed by atoms with van der Waals surface area (Å²) in [5.74, 6) is 0.306. The van der Waals surface area contributed by atoms with Crippen LogP contribution in [0.5, 0.6) is 11.5 Å². The van der Waals surface area contributed by atoms with E-state index in [0.29, 0.717) is 29.4 Å². The molecule has 0 saturated carbocycles. The molecule has 2 N–H and O–H groups in total. The molecule has 174 valence electrons. The van der Waals surface area contributed by atoms with Crippen LogP contribution in [0, 0.1) is 20.8 Å². The lowest BCUT2D eigenvalue weighted by atomic mass is 9.88. The van der Waals surface area contributed by atoms with Gasteiger partial charge in [-0.15, -0.1) is 0 Å². The first-order valence-corrected chi connectivity index (χ1v) is 11.1. The lowest BCUT2D eigenvalue weighted by molar-refractivity contribution is -0.136. The van der Waals surface area contributed by atoms with E-state index in [1.54, 1.807) is 25.6 Å². The maximum Gasteiger partial charge on any atom is 0.307 e. The Morgan fingerprint density at radius 1 is 1.12 bits per heavy atom. The zero-order chi connectivity index (χ0) is 24.1. The van der Waals surface area contributed by atoms with Crippen molar-refractivity contribution in [2.24, 2.45) is 0 Å². The Labute approximate surface area is 197 Å². The quantitative estimate of drug-likeness (QED) is 0.454. The first kappa shape index (κ1) is 21.8. The van der Waals surface area contributed by atoms with Gasteiger partial charge in [-0.05, 0) is 55.2 Å². The fraction of sp³-hybridized carbons (Fsp3) is 0.269. The van der Waals surface area contributed by atoms with Crippen LogP contribution < -0.4 is 9.64 Å². The molecule has 2 aromatic carbocycles. The van der Waals surface area contributed by atoms with Crippen molar-refractivity contribution in [3.8, 4) is 22.6 Å². The number of anilines is 2. The van der Waals surface area contributed by atoms with E-state index in [9.17, 15) is 15.0 Å². The largest absolute Gasteiger partial charge is 0.507 e. The number of aromatic nitrogens is 3. The lowest BCUT2D eigenvalue weighted by Crippen LogP contribution is -2.30. The number of phenolic OH excluding ortho intramolecular Hbond substituents is 1. The molecule has 3 heterocycles. The van der Waals surface area contributed by atoms with E-state index in [1.807, 2.05) is 37.8 Å². The predicted molar refractivity (Wildman–Crippen MR) is 130 cm³/mol. The monoisotopic (exact) mass is 458 g/mol. The minimum Gasteiger partial charge on any atom is -0.507 e. The number of aryl methyl sites for hydroxylation is 2. The van der Waals surface area contributed by atoms with Crippen LogP contribution in [0.4, 0.5) is 11.6 Å². The molecule has 0 amide bonds. The molecule has 8 nitrogen and oxygen atoms in total. The Morgan fingerprint density at radius 2 is 1.85 bits per heavy atom. The first-order valence-electron chi connectivity index (χ1n) is 11.1. The van der Waals surface area contributed by atoms with Crippen molar-refractivity contribution >= 4 is 28.5 Å². The van der Waals surface area contributed by atoms with Gasteiger partial charge in [0, 0.05) is 29.7 Å². The molecule has 4 aromatic rings. The number of aliphatic carboxylic acids is 1. The molecule has 0 unspecified atom stereocenters. The number of carboxylic acid groups (broad SMARTS) is 1. The zero-order valence-corrected chi connectivity index (χ0v) is 19.6. The molecule has 0 saturated heterocycles. The highest BCUT2D eigenvalue weighted by Gasteiger charge is 2.31. The number of hydrogen-bond donors (Lipinski definition) is 2. The molecule has 2 aromatic heterocycles. The van der Waals surface area contributed by atoms with Crippen molar-refractivity contribution in [1.29, 1.82) is 0 Å². The van der Waals surface area contributed by atoms with Crippen molar-refractivity contribution in [2.75, 3.05) is 18.6 Å². The van der Waals surface area contributed by atoms with Gasteiger partial charge in [0.15, 0.2) is 5.75 Å². The molecule has 1 aliphatic rings. The van der Waals surface area contributed by atoms with Crippen LogP contribution in [0.3, 0.4) is 0 Å². The van der Waals surface area contributed by atoms with Gasteiger partial charge in [0.25, 0.3) is 0 Å². The van der Waals surface area contributed by atoms with Crippen LogP contribution in [0.2, 0.25) is 0 Å². The van der Waals surface area contributed by atoms with E-state index in [0.717, 1.165) is 45.5 Å². The summed E-state index contributed by atoms with van der Waals surface area (Å²) in [6.45, 7) is 7.28. The zero-order valence-electron chi connectivity index (χ0n) is 19.6. The molecule has 0 bridgehead atoms. The highest BCUT2D eigenvalue weighted by Crippen LogP contribution is 2.47. The maximum atomic E-state index is 12.0. The third-order valence-electron chi connectivity index (χ3n) is 6.57. The molecule has 0 fully saturated rings. The highest BCUT2D eigenvalue weighted by atomic mass is 16.5. The molecule has 0 atom stereocenters. The molecule has 1 aliphatic heterocycles. The summed E-state index contributed by atoms with van der Waals surface area (Å²) in [5.41, 5.74) is 6.79. The Bertz CT molecular complexity index is 1440. The lowest BCUT2D eigenvalue weighted by Gasteiger charge is -2.33. The second-order valence-electron chi connectivity index (χ2n) is 8.69. The van der Waals surface area contributed by atoms with Crippen molar-refractivity contribution in [2.45, 2.75) is 33.7 Å². The van der Waals surface area contributed by atoms with Gasteiger partial charge in [-0.2, -0.15) is 0 Å². The number of aromatic hydroxyl groups is 1. The van der Waals surface area contributed by atoms with E-state index in [4.69, 9.17) is 4.74 Å². The SMILES string of the molecule is COc1cnc(N2CCn3c(C)cc4c(-c5ccc(C)cc5O)c(CC(=O)O)c(C)c2c43)nc1. The average molecular weight is 459 g/mol. The van der Waals surface area contributed by atoms with Gasteiger partial charge in [0.1, 0.15) is 5.75 Å². The Morgan fingerprint density at radius 3 is 2.50 bits per heavy atom. The molecule has 0 radical (unpaired) electrons. The first-order chi connectivity index (χ1) is 16.3. The second-order valence-corrected chi connectivity index (χ2v) is 8.69. The van der Waals surface area contributed by atoms with E-state index in [1.165, 1.54) is 0 Å². The number of ether oxygens (including phenoxy) is 1. The normalized spacial score (nSPS) is 12.9. The number of rotatable bonds is 5. The van der Waals surface area contributed by atoms with Gasteiger partial charge in [0.05, 0.1) is 37.1 Å². The number of carbonyl (C=O) groups is 1. The number of benzene rings is 2. The summed E-state index contributed by atoms with van der Waals surface area (Å²) in [7, 11) is 1.57. The van der Waals surface area contributed by atoms with E-state index in [-0.39, 0.29) is 12.2 Å². The Hall–Kier alpha value is -4.07. The van der Waals surface area contributed by atoms with Crippen molar-refractivity contribution in [3.05, 3.63) is 59.0 Å². The minimum absolute atomic E-state index is 0.137. The number of hydrogen-bond acceptors (Lipinski definition) is 6. The van der Waals surface area contributed by atoms with Crippen molar-refractivity contribution in [3.63, 3.8) is 0 Å². The van der Waals surface area contributed by atoms with Gasteiger partial charge in [-0.3, -0.25) is 4.79 Å². The van der Waals surface area contributed by atoms with Gasteiger partial charge in [0.2, 0.25) is 5.95 Å². The summed E-state index contributed by atoms with van der Waals surface area (Å²) < 4.78 is 7.46. The molecule has 34 heavy (non-hydrogen) atoms. The Kier molecular flexibility index (Phi) is 5.16. The van der Waals surface area contributed by atoms with Crippen LogP contribution in [0.25, 0.3) is 22.0 Å². The number of carboxylic acids is 1. The fourth-order valence-electron chi connectivity index (χ4n) is 5.01. The topological polar surface area (TPSA) is 101 Å². The van der Waals surface area contributed by atoms with Crippen LogP contribution >= 0.6 is 0 Å². The summed E-state index contributed by atoms with van der Waals surface area (Å²) in [4.78, 5) is 23.0. The summed E-state index contributed by atoms with van der Waals surface area (Å²) >= 11 is 0. The standard InChI is InChI=1S/C26H26N4O4/c1-14-5-6-18(21(31)9-14)23-19(11-22(32)33)16(3)24-25-20(23)10-15(2)29(25)7-8-30(24)26-27-12-17(34-4)13-28-26/h5-6,9-10,12-13,31H,7-8,11H2,1-4H3,(H,32,33). The van der Waals surface area contributed by atoms with Crippen molar-refractivity contribution in [1.82, 2.24) is 14.5 Å². The minimum atomic E-state index is -0.929. The number of phenols is 1. The molecule has 5 rings (SSSR count). The second kappa shape index (κ2) is 8.06. The third-order valence-corrected chi connectivity index (χ3v) is 6.57. The van der Waals surface area contributed by atoms with Gasteiger partial charge >= 0.3 is 5.97 Å². The summed E-state index contributed by atoms with van der Waals surface area (Å²) in [6.07, 6.45) is 3.09. The molecule has 8 heteroatoms. The van der Waals surface area contributed by atoms with Crippen LogP contribution in [-0.2, 0) is 17.8 Å². The number of nitrogens with zero attached hydrogens (tertiary/aromatic N) is 4. The van der Waals surface area contributed by atoms with Gasteiger partial charge in [-0.25, -0.2) is 9.97 Å². The smallest absolute Gasteiger partial charge is 0.307 e. The van der Waals surface area contributed by atoms with Crippen molar-refractivity contribution < 1.29 is 19.7 Å². The molecular weight excluding hydrogens is 432 g/mol.